The zero-order chi connectivity index (χ0) is 33.6. The number of hydrogen-bond acceptors (Lipinski definition) is 8. The molecule has 47 heavy (non-hydrogen) atoms. The summed E-state index contributed by atoms with van der Waals surface area (Å²) < 4.78 is 17.9. The van der Waals surface area contributed by atoms with Crippen molar-refractivity contribution in [3.63, 3.8) is 0 Å². The highest BCUT2D eigenvalue weighted by Crippen LogP contribution is 2.42. The second-order valence-electron chi connectivity index (χ2n) is 14.1. The van der Waals surface area contributed by atoms with E-state index in [9.17, 15) is 14.7 Å². The van der Waals surface area contributed by atoms with Crippen LogP contribution < -0.4 is 19.1 Å². The molecule has 2 amide bonds. The zero-order valence-electron chi connectivity index (χ0n) is 28.2. The average Bonchev–Trinajstić information content (AvgIpc) is 3.55. The van der Waals surface area contributed by atoms with Crippen LogP contribution in [0.4, 0.5) is 11.4 Å². The van der Waals surface area contributed by atoms with E-state index in [1.807, 2.05) is 50.9 Å². The van der Waals surface area contributed by atoms with E-state index in [1.165, 1.54) is 0 Å². The molecule has 10 nitrogen and oxygen atoms in total. The molecule has 2 fully saturated rings. The summed E-state index contributed by atoms with van der Waals surface area (Å²) in [6.45, 7) is 18.2. The first-order chi connectivity index (χ1) is 22.4. The van der Waals surface area contributed by atoms with Crippen molar-refractivity contribution in [1.82, 2.24) is 9.80 Å². The number of nitrogens with zero attached hydrogens (tertiary/aromatic N) is 4. The van der Waals surface area contributed by atoms with Gasteiger partial charge in [-0.2, -0.15) is 0 Å². The maximum absolute atomic E-state index is 13.7. The van der Waals surface area contributed by atoms with Gasteiger partial charge in [-0.15, -0.1) is 0 Å². The normalized spacial score (nSPS) is 22.1. The average molecular weight is 643 g/mol. The predicted molar refractivity (Wildman–Crippen MR) is 183 cm³/mol. The van der Waals surface area contributed by atoms with Gasteiger partial charge < -0.3 is 34.0 Å². The molecule has 2 aromatic rings. The first-order valence-corrected chi connectivity index (χ1v) is 16.5. The second kappa shape index (κ2) is 12.7. The number of benzene rings is 2. The number of aryl methyl sites for hydroxylation is 1. The highest BCUT2D eigenvalue weighted by molar-refractivity contribution is 6.04. The third kappa shape index (κ3) is 6.23. The Labute approximate surface area is 277 Å². The molecular weight excluding hydrogens is 596 g/mol. The van der Waals surface area contributed by atoms with Crippen molar-refractivity contribution < 1.29 is 28.9 Å². The topological polar surface area (TPSA) is 104 Å². The number of fused-ring (bicyclic) bond motifs is 4. The maximum atomic E-state index is 13.7. The molecule has 0 saturated carbocycles. The van der Waals surface area contributed by atoms with Crippen molar-refractivity contribution in [3.05, 3.63) is 65.3 Å². The van der Waals surface area contributed by atoms with Gasteiger partial charge in [0.2, 0.25) is 0 Å². The molecule has 2 saturated heterocycles. The Bertz CT molecular complexity index is 1640. The minimum Gasteiger partial charge on any atom is -0.493 e. The number of unbranched alkanes of at least 4 members (excludes halogenated alkanes) is 2. The van der Waals surface area contributed by atoms with Crippen LogP contribution in [0.15, 0.2) is 53.6 Å². The van der Waals surface area contributed by atoms with Gasteiger partial charge >= 0.3 is 0 Å². The number of methoxy groups -OCH3 is 1. The molecule has 4 heterocycles. The molecule has 4 aliphatic rings. The summed E-state index contributed by atoms with van der Waals surface area (Å²) in [7, 11) is 1.57. The van der Waals surface area contributed by atoms with Crippen molar-refractivity contribution >= 4 is 29.4 Å². The number of carbonyl (C=O) groups is 2. The molecule has 0 radical (unpaired) electrons. The summed E-state index contributed by atoms with van der Waals surface area (Å²) in [5, 5.41) is 11.5. The molecule has 0 bridgehead atoms. The summed E-state index contributed by atoms with van der Waals surface area (Å²) in [5.74, 6) is 1.61. The number of rotatable bonds is 9. The first-order valence-electron chi connectivity index (χ1n) is 16.5. The van der Waals surface area contributed by atoms with Crippen LogP contribution in [0.25, 0.3) is 0 Å². The van der Waals surface area contributed by atoms with E-state index >= 15 is 0 Å². The van der Waals surface area contributed by atoms with E-state index in [4.69, 9.17) is 14.2 Å². The van der Waals surface area contributed by atoms with E-state index < -0.39 is 11.8 Å². The molecule has 0 spiro atoms. The Balaban J connectivity index is 1.06. The minimum absolute atomic E-state index is 0.0698. The fourth-order valence-corrected chi connectivity index (χ4v) is 7.10. The lowest BCUT2D eigenvalue weighted by Gasteiger charge is -2.43. The van der Waals surface area contributed by atoms with Crippen molar-refractivity contribution in [2.75, 3.05) is 38.3 Å². The van der Waals surface area contributed by atoms with Gasteiger partial charge in [-0.3, -0.25) is 14.6 Å². The highest BCUT2D eigenvalue weighted by atomic mass is 16.5. The molecule has 250 valence electrons. The molecule has 4 aliphatic heterocycles. The summed E-state index contributed by atoms with van der Waals surface area (Å²) in [6.07, 6.45) is 4.76. The van der Waals surface area contributed by atoms with Crippen LogP contribution in [-0.2, 0) is 0 Å². The van der Waals surface area contributed by atoms with Crippen LogP contribution in [0.2, 0.25) is 0 Å². The van der Waals surface area contributed by atoms with E-state index in [2.05, 4.69) is 18.2 Å². The second-order valence-corrected chi connectivity index (χ2v) is 14.1. The third-order valence-electron chi connectivity index (χ3n) is 9.42. The van der Waals surface area contributed by atoms with Crippen molar-refractivity contribution in [1.29, 1.82) is 0 Å². The number of anilines is 1. The monoisotopic (exact) mass is 642 g/mol. The number of aliphatic hydroxyl groups excluding tert-OH is 1. The standard InChI is InChI=1S/C37H46N4O6/c1-22-13-25-19-38-28-17-33(32(45-7)16-26(28)34(42)39(25)20-22)47-12-10-8-9-11-46-31-18-29-27(15-24(31)3)35(43)40-21-23(2)14-30(40)36(44)41(29)37(4,5)6/h15-19,25,30,36,44H,1-2,8-14,20-21H2,3-7H3/t25-,30-,36?/m0/s1. The number of ether oxygens (including phenoxy) is 3. The number of aliphatic imine (C=N–C) groups is 1. The van der Waals surface area contributed by atoms with Gasteiger partial charge in [0.25, 0.3) is 11.8 Å². The lowest BCUT2D eigenvalue weighted by atomic mass is 9.99. The quantitative estimate of drug-likeness (QED) is 0.271. The van der Waals surface area contributed by atoms with Gasteiger partial charge in [-0.1, -0.05) is 24.3 Å². The fourth-order valence-electron chi connectivity index (χ4n) is 7.10. The fraction of sp³-hybridized carbons (Fsp3) is 0.486. The van der Waals surface area contributed by atoms with Gasteiger partial charge in [0.15, 0.2) is 11.5 Å². The van der Waals surface area contributed by atoms with Crippen LogP contribution >= 0.6 is 0 Å². The SMILES string of the molecule is C=C1C[C@H]2C=Nc3cc(OCCCCCOc4cc5c(cc4C)C(=O)N4CC(=C)C[C@H]4C(O)N5C(C)(C)C)c(OC)cc3C(=O)N2C1. The van der Waals surface area contributed by atoms with Gasteiger partial charge in [-0.05, 0) is 77.5 Å². The molecule has 3 atom stereocenters. The smallest absolute Gasteiger partial charge is 0.257 e. The summed E-state index contributed by atoms with van der Waals surface area (Å²) in [6, 6.07) is 6.90. The Kier molecular flexibility index (Phi) is 8.82. The molecule has 2 aromatic carbocycles. The zero-order valence-corrected chi connectivity index (χ0v) is 28.2. The molecule has 0 aromatic heterocycles. The Hall–Kier alpha value is -4.31. The molecule has 6 rings (SSSR count). The van der Waals surface area contributed by atoms with Crippen molar-refractivity contribution in [2.24, 2.45) is 4.99 Å². The van der Waals surface area contributed by atoms with E-state index in [0.717, 1.165) is 42.4 Å². The molecule has 0 aliphatic carbocycles. The molecule has 1 unspecified atom stereocenters. The summed E-state index contributed by atoms with van der Waals surface area (Å²) >= 11 is 0. The Morgan fingerprint density at radius 3 is 2.23 bits per heavy atom. The number of amides is 2. The minimum atomic E-state index is -0.863. The highest BCUT2D eigenvalue weighted by Gasteiger charge is 2.46. The number of hydrogen-bond donors (Lipinski definition) is 1. The molecule has 10 heteroatoms. The van der Waals surface area contributed by atoms with E-state index in [1.54, 1.807) is 29.0 Å². The first kappa shape index (κ1) is 32.6. The van der Waals surface area contributed by atoms with Crippen molar-refractivity contribution in [2.45, 2.75) is 83.6 Å². The molecule has 1 N–H and O–H groups in total. The third-order valence-corrected chi connectivity index (χ3v) is 9.42. The van der Waals surface area contributed by atoms with Gasteiger partial charge in [-0.25, -0.2) is 0 Å². The van der Waals surface area contributed by atoms with Crippen LogP contribution in [0, 0.1) is 6.92 Å². The van der Waals surface area contributed by atoms with Gasteiger partial charge in [0.1, 0.15) is 12.0 Å². The van der Waals surface area contributed by atoms with Crippen LogP contribution in [-0.4, -0.2) is 90.2 Å². The van der Waals surface area contributed by atoms with E-state index in [-0.39, 0.29) is 23.9 Å². The Morgan fingerprint density at radius 2 is 1.53 bits per heavy atom. The molecular formula is C37H46N4O6. The lowest BCUT2D eigenvalue weighted by Crippen LogP contribution is -2.55. The summed E-state index contributed by atoms with van der Waals surface area (Å²) in [5.41, 5.74) is 4.78. The van der Waals surface area contributed by atoms with E-state index in [0.29, 0.717) is 72.5 Å². The predicted octanol–water partition coefficient (Wildman–Crippen LogP) is 5.83. The van der Waals surface area contributed by atoms with Crippen LogP contribution in [0.5, 0.6) is 17.2 Å². The number of aliphatic hydroxyl groups is 1. The summed E-state index contributed by atoms with van der Waals surface area (Å²) in [4.78, 5) is 37.0. The van der Waals surface area contributed by atoms with Crippen LogP contribution in [0.1, 0.15) is 79.2 Å². The number of carbonyl (C=O) groups excluding carboxylic acids is 2. The lowest BCUT2D eigenvalue weighted by molar-refractivity contribution is 0.0460. The largest absolute Gasteiger partial charge is 0.493 e. The Morgan fingerprint density at radius 1 is 0.872 bits per heavy atom. The van der Waals surface area contributed by atoms with Gasteiger partial charge in [0, 0.05) is 37.0 Å². The van der Waals surface area contributed by atoms with Gasteiger partial charge in [0.05, 0.1) is 54.9 Å². The van der Waals surface area contributed by atoms with Crippen LogP contribution in [0.3, 0.4) is 0 Å². The maximum Gasteiger partial charge on any atom is 0.257 e. The van der Waals surface area contributed by atoms with Crippen molar-refractivity contribution in [3.8, 4) is 17.2 Å².